The van der Waals surface area contributed by atoms with E-state index in [2.05, 4.69) is 15.6 Å². The molecule has 1 fully saturated rings. The van der Waals surface area contributed by atoms with Crippen molar-refractivity contribution in [3.63, 3.8) is 0 Å². The van der Waals surface area contributed by atoms with E-state index in [0.29, 0.717) is 26.1 Å². The van der Waals surface area contributed by atoms with Gasteiger partial charge in [-0.3, -0.25) is 4.79 Å². The Morgan fingerprint density at radius 2 is 2.07 bits per heavy atom. The average molecular weight is 406 g/mol. The van der Waals surface area contributed by atoms with E-state index in [4.69, 9.17) is 4.74 Å². The highest BCUT2D eigenvalue weighted by Gasteiger charge is 2.27. The fourth-order valence-electron chi connectivity index (χ4n) is 3.06. The number of likely N-dealkylation sites (tertiary alicyclic amines) is 1. The predicted molar refractivity (Wildman–Crippen MR) is 106 cm³/mol. The molecule has 1 N–H and O–H groups in total. The summed E-state index contributed by atoms with van der Waals surface area (Å²) in [5.74, 6) is 0.279. The van der Waals surface area contributed by atoms with Crippen LogP contribution in [0.3, 0.4) is 0 Å². The van der Waals surface area contributed by atoms with Crippen LogP contribution in [0, 0.1) is 5.92 Å². The summed E-state index contributed by atoms with van der Waals surface area (Å²) in [6.45, 7) is 7.20. The lowest BCUT2D eigenvalue weighted by Crippen LogP contribution is -2.42. The van der Waals surface area contributed by atoms with Gasteiger partial charge < -0.3 is 15.0 Å². The quantitative estimate of drug-likeness (QED) is 0.826. The number of hydrogen-bond acceptors (Lipinski definition) is 6. The van der Waals surface area contributed by atoms with Crippen LogP contribution in [0.25, 0.3) is 5.69 Å². The smallest absolute Gasteiger partial charge is 0.410 e. The second kappa shape index (κ2) is 8.72. The molecule has 1 aliphatic heterocycles. The molecule has 2 amide bonds. The number of carbonyl (C=O) groups is 2. The van der Waals surface area contributed by atoms with E-state index < -0.39 is 5.60 Å². The van der Waals surface area contributed by atoms with Gasteiger partial charge in [-0.2, -0.15) is 11.3 Å². The summed E-state index contributed by atoms with van der Waals surface area (Å²) in [5, 5.41) is 15.0. The lowest BCUT2D eigenvalue weighted by molar-refractivity contribution is -0.122. The molecule has 28 heavy (non-hydrogen) atoms. The number of carbonyl (C=O) groups excluding carboxylic acids is 2. The van der Waals surface area contributed by atoms with Gasteiger partial charge >= 0.3 is 6.09 Å². The number of piperidine rings is 1. The van der Waals surface area contributed by atoms with Gasteiger partial charge in [-0.05, 0) is 51.0 Å². The third-order valence-corrected chi connectivity index (χ3v) is 5.19. The van der Waals surface area contributed by atoms with Gasteiger partial charge in [0.25, 0.3) is 0 Å². The minimum atomic E-state index is -0.487. The number of hydrogen-bond donors (Lipinski definition) is 1. The minimum absolute atomic E-state index is 0.000742. The second-order valence-corrected chi connectivity index (χ2v) is 8.81. The van der Waals surface area contributed by atoms with Crippen molar-refractivity contribution in [2.45, 2.75) is 52.2 Å². The van der Waals surface area contributed by atoms with E-state index >= 15 is 0 Å². The number of aromatic nitrogens is 3. The fourth-order valence-corrected chi connectivity index (χ4v) is 3.69. The third-order valence-electron chi connectivity index (χ3n) is 4.52. The summed E-state index contributed by atoms with van der Waals surface area (Å²) in [6, 6.07) is 1.96. The van der Waals surface area contributed by atoms with Crippen molar-refractivity contribution in [2.24, 2.45) is 5.92 Å². The Labute approximate surface area is 168 Å². The van der Waals surface area contributed by atoms with E-state index in [0.717, 1.165) is 24.2 Å². The summed E-state index contributed by atoms with van der Waals surface area (Å²) >= 11 is 1.59. The molecule has 9 heteroatoms. The first kappa shape index (κ1) is 20.3. The predicted octanol–water partition coefficient (Wildman–Crippen LogP) is 2.98. The molecule has 8 nitrogen and oxygen atoms in total. The molecule has 0 bridgehead atoms. The molecule has 1 saturated heterocycles. The van der Waals surface area contributed by atoms with Crippen LogP contribution in [0.1, 0.15) is 45.7 Å². The lowest BCUT2D eigenvalue weighted by atomic mass is 9.93. The Bertz CT molecular complexity index is 789. The molecule has 2 aromatic rings. The van der Waals surface area contributed by atoms with Gasteiger partial charge in [0.05, 0.1) is 18.4 Å². The van der Waals surface area contributed by atoms with Crippen LogP contribution in [0.5, 0.6) is 0 Å². The number of amides is 2. The number of nitrogens with zero attached hydrogens (tertiary/aromatic N) is 4. The molecule has 1 aliphatic rings. The first-order valence-corrected chi connectivity index (χ1v) is 10.4. The zero-order valence-electron chi connectivity index (χ0n) is 16.6. The summed E-state index contributed by atoms with van der Waals surface area (Å²) in [5.41, 5.74) is 1.20. The number of rotatable bonds is 5. The molecular formula is C19H27N5O3S. The Kier molecular flexibility index (Phi) is 6.33. The maximum atomic E-state index is 12.3. The van der Waals surface area contributed by atoms with Crippen molar-refractivity contribution in [2.75, 3.05) is 13.1 Å². The largest absolute Gasteiger partial charge is 0.444 e. The van der Waals surface area contributed by atoms with E-state index in [1.807, 2.05) is 43.8 Å². The van der Waals surface area contributed by atoms with Gasteiger partial charge in [0.15, 0.2) is 0 Å². The van der Waals surface area contributed by atoms with Gasteiger partial charge in [-0.15, -0.1) is 5.10 Å². The zero-order valence-corrected chi connectivity index (χ0v) is 17.4. The van der Waals surface area contributed by atoms with Crippen LogP contribution >= 0.6 is 11.3 Å². The van der Waals surface area contributed by atoms with Gasteiger partial charge in [0.1, 0.15) is 11.3 Å². The van der Waals surface area contributed by atoms with Gasteiger partial charge in [-0.1, -0.05) is 5.21 Å². The zero-order chi connectivity index (χ0) is 20.1. The molecule has 152 valence electrons. The van der Waals surface area contributed by atoms with Crippen molar-refractivity contribution in [1.82, 2.24) is 25.2 Å². The first-order chi connectivity index (χ1) is 13.3. The monoisotopic (exact) mass is 405 g/mol. The van der Waals surface area contributed by atoms with Gasteiger partial charge in [0.2, 0.25) is 5.91 Å². The molecule has 0 spiro atoms. The summed E-state index contributed by atoms with van der Waals surface area (Å²) in [7, 11) is 0. The van der Waals surface area contributed by atoms with Crippen LogP contribution in [0.4, 0.5) is 4.79 Å². The summed E-state index contributed by atoms with van der Waals surface area (Å²) in [4.78, 5) is 26.1. The second-order valence-electron chi connectivity index (χ2n) is 8.03. The van der Waals surface area contributed by atoms with Crippen molar-refractivity contribution >= 4 is 23.3 Å². The average Bonchev–Trinajstić information content (AvgIpc) is 3.30. The maximum absolute atomic E-state index is 12.3. The highest BCUT2D eigenvalue weighted by molar-refractivity contribution is 7.08. The summed E-state index contributed by atoms with van der Waals surface area (Å²) < 4.78 is 7.10. The first-order valence-electron chi connectivity index (χ1n) is 9.48. The van der Waals surface area contributed by atoms with Crippen LogP contribution in [0.2, 0.25) is 0 Å². The minimum Gasteiger partial charge on any atom is -0.444 e. The molecule has 0 unspecified atom stereocenters. The fraction of sp³-hybridized carbons (Fsp3) is 0.579. The van der Waals surface area contributed by atoms with E-state index in [-0.39, 0.29) is 17.9 Å². The Balaban J connectivity index is 1.38. The Morgan fingerprint density at radius 3 is 2.71 bits per heavy atom. The Hall–Kier alpha value is -2.42. The van der Waals surface area contributed by atoms with Crippen molar-refractivity contribution < 1.29 is 14.3 Å². The van der Waals surface area contributed by atoms with Crippen molar-refractivity contribution in [3.8, 4) is 5.69 Å². The van der Waals surface area contributed by atoms with E-state index in [9.17, 15) is 9.59 Å². The highest BCUT2D eigenvalue weighted by atomic mass is 32.1. The molecule has 0 saturated carbocycles. The van der Waals surface area contributed by atoms with Crippen molar-refractivity contribution in [1.29, 1.82) is 0 Å². The number of nitrogens with one attached hydrogen (secondary N) is 1. The molecule has 0 radical (unpaired) electrons. The van der Waals surface area contributed by atoms with Crippen LogP contribution in [-0.2, 0) is 16.1 Å². The van der Waals surface area contributed by atoms with E-state index in [1.165, 1.54) is 0 Å². The van der Waals surface area contributed by atoms with Crippen LogP contribution in [-0.4, -0.2) is 50.6 Å². The normalized spacial score (nSPS) is 15.5. The lowest BCUT2D eigenvalue weighted by Gasteiger charge is -2.33. The molecule has 3 heterocycles. The molecule has 2 aromatic heterocycles. The maximum Gasteiger partial charge on any atom is 0.410 e. The molecule has 0 atom stereocenters. The highest BCUT2D eigenvalue weighted by Crippen LogP contribution is 2.22. The third kappa shape index (κ3) is 5.79. The standard InChI is InChI=1S/C19H27N5O3S/c1-19(2,3)27-18(26)23-7-4-14(5-8-23)10-17(25)20-11-15-12-24(22-21-15)16-6-9-28-13-16/h6,9,12-14H,4-5,7-8,10-11H2,1-3H3,(H,20,25). The van der Waals surface area contributed by atoms with Crippen LogP contribution < -0.4 is 5.32 Å². The number of thiophene rings is 1. The molecule has 3 rings (SSSR count). The molecule has 0 aliphatic carbocycles. The van der Waals surface area contributed by atoms with Gasteiger partial charge in [-0.25, -0.2) is 9.48 Å². The van der Waals surface area contributed by atoms with Gasteiger partial charge in [0, 0.05) is 24.9 Å². The molecular weight excluding hydrogens is 378 g/mol. The number of ether oxygens (including phenoxy) is 1. The SMILES string of the molecule is CC(C)(C)OC(=O)N1CCC(CC(=O)NCc2cn(-c3ccsc3)nn2)CC1. The Morgan fingerprint density at radius 1 is 1.32 bits per heavy atom. The van der Waals surface area contributed by atoms with Crippen LogP contribution in [0.15, 0.2) is 23.0 Å². The van der Waals surface area contributed by atoms with E-state index in [1.54, 1.807) is 20.9 Å². The van der Waals surface area contributed by atoms with Crippen molar-refractivity contribution in [3.05, 3.63) is 28.7 Å². The molecule has 0 aromatic carbocycles. The summed E-state index contributed by atoms with van der Waals surface area (Å²) in [6.07, 6.45) is 3.62. The topological polar surface area (TPSA) is 89.4 Å².